The molecule has 7 rings (SSSR count). The number of carbonyl (C=O) groups is 2. The summed E-state index contributed by atoms with van der Waals surface area (Å²) in [7, 11) is 0. The summed E-state index contributed by atoms with van der Waals surface area (Å²) in [6.45, 7) is -4.90. The lowest BCUT2D eigenvalue weighted by atomic mass is 9.98. The van der Waals surface area contributed by atoms with Crippen molar-refractivity contribution in [2.45, 2.75) is 45.1 Å². The molecule has 0 unspecified atom stereocenters. The highest BCUT2D eigenvalue weighted by molar-refractivity contribution is 6.33. The molecule has 2 amide bonds. The van der Waals surface area contributed by atoms with E-state index in [1.165, 1.54) is 18.3 Å². The van der Waals surface area contributed by atoms with Crippen LogP contribution in [-0.2, 0) is 17.8 Å². The van der Waals surface area contributed by atoms with E-state index in [-0.39, 0.29) is 29.8 Å². The summed E-state index contributed by atoms with van der Waals surface area (Å²) in [5, 5.41) is 0.309. The van der Waals surface area contributed by atoms with E-state index in [1.807, 2.05) is 28.8 Å². The lowest BCUT2D eigenvalue weighted by Gasteiger charge is -2.32. The van der Waals surface area contributed by atoms with E-state index in [0.29, 0.717) is 41.7 Å². The number of hydrogen-bond acceptors (Lipinski definition) is 3. The van der Waals surface area contributed by atoms with Crippen LogP contribution in [0.15, 0.2) is 48.9 Å². The number of amides is 2. The molecule has 37 heavy (non-hydrogen) atoms. The number of urea groups is 1. The Kier molecular flexibility index (Phi) is 4.25. The van der Waals surface area contributed by atoms with Crippen molar-refractivity contribution in [1.29, 1.82) is 0 Å². The first-order chi connectivity index (χ1) is 19.6. The van der Waals surface area contributed by atoms with Crippen LogP contribution in [0.4, 0.5) is 9.18 Å². The Bertz CT molecular complexity index is 1790. The van der Waals surface area contributed by atoms with Crippen molar-refractivity contribution in [2.24, 2.45) is 0 Å². The number of fused-ring (bicyclic) bond motifs is 1. The van der Waals surface area contributed by atoms with Crippen LogP contribution >= 0.6 is 0 Å². The van der Waals surface area contributed by atoms with Crippen molar-refractivity contribution in [3.63, 3.8) is 0 Å². The minimum atomic E-state index is -2.78. The fourth-order valence-electron chi connectivity index (χ4n) is 5.89. The fraction of sp³-hybridized carbons (Fsp3) is 0.345. The average Bonchev–Trinajstić information content (AvgIpc) is 3.65. The third-order valence-corrected chi connectivity index (χ3v) is 7.61. The number of aryl methyl sites for hydroxylation is 1. The topological polar surface area (TPSA) is 62.9 Å². The van der Waals surface area contributed by atoms with Crippen LogP contribution in [-0.4, -0.2) is 55.2 Å². The molecule has 1 saturated heterocycles. The molecule has 1 aliphatic carbocycles. The summed E-state index contributed by atoms with van der Waals surface area (Å²) in [6, 6.07) is 7.48. The Labute approximate surface area is 219 Å². The smallest absolute Gasteiger partial charge is 0.320 e. The van der Waals surface area contributed by atoms with Crippen molar-refractivity contribution in [1.82, 2.24) is 23.8 Å². The van der Waals surface area contributed by atoms with Crippen molar-refractivity contribution in [3.8, 4) is 0 Å². The number of allylic oxidation sites excluding steroid dienone is 2. The molecule has 0 spiro atoms. The monoisotopic (exact) mass is 501 g/mol. The number of piperidine rings is 1. The number of imidazole rings is 1. The molecule has 188 valence electrons. The van der Waals surface area contributed by atoms with Gasteiger partial charge in [-0.15, -0.1) is 0 Å². The normalized spacial score (nSPS) is 22.7. The van der Waals surface area contributed by atoms with E-state index in [1.54, 1.807) is 11.1 Å². The zero-order valence-corrected chi connectivity index (χ0v) is 20.2. The first-order valence-corrected chi connectivity index (χ1v) is 12.7. The summed E-state index contributed by atoms with van der Waals surface area (Å²) < 4.78 is 54.2. The van der Waals surface area contributed by atoms with Gasteiger partial charge in [-0.25, -0.2) is 14.2 Å². The molecule has 3 aliphatic rings. The molecule has 0 saturated carbocycles. The Hall–Kier alpha value is -3.94. The lowest BCUT2D eigenvalue weighted by molar-refractivity contribution is -0.113. The van der Waals surface area contributed by atoms with E-state index in [0.717, 1.165) is 40.0 Å². The van der Waals surface area contributed by atoms with E-state index in [2.05, 4.69) is 4.98 Å². The number of ketones is 1. The zero-order valence-electron chi connectivity index (χ0n) is 24.2. The minimum absolute atomic E-state index is 0.154. The SMILES string of the molecule is [2H]C1([2H])N(C(=O)N2CCCCC2)Cc2cc(F)cc3c(C4=C(c5cnc6ccccn56)CCC4=O)cn(c23)C1([2H])[2H]. The van der Waals surface area contributed by atoms with Crippen LogP contribution in [0.2, 0.25) is 0 Å². The predicted octanol–water partition coefficient (Wildman–Crippen LogP) is 5.12. The first-order valence-electron chi connectivity index (χ1n) is 14.7. The quantitative estimate of drug-likeness (QED) is 0.383. The second-order valence-electron chi connectivity index (χ2n) is 9.86. The van der Waals surface area contributed by atoms with Crippen LogP contribution in [0.5, 0.6) is 0 Å². The zero-order chi connectivity index (χ0) is 28.7. The van der Waals surface area contributed by atoms with Gasteiger partial charge in [-0.2, -0.15) is 0 Å². The second kappa shape index (κ2) is 8.57. The van der Waals surface area contributed by atoms with Gasteiger partial charge in [0.05, 0.1) is 22.9 Å². The van der Waals surface area contributed by atoms with Gasteiger partial charge < -0.3 is 14.4 Å². The highest BCUT2D eigenvalue weighted by atomic mass is 19.1. The number of nitrogens with zero attached hydrogens (tertiary/aromatic N) is 5. The molecule has 3 aromatic heterocycles. The van der Waals surface area contributed by atoms with Crippen molar-refractivity contribution in [2.75, 3.05) is 19.6 Å². The van der Waals surface area contributed by atoms with E-state index < -0.39 is 24.8 Å². The number of pyridine rings is 1. The number of aromatic nitrogens is 3. The molecular weight excluding hydrogens is 469 g/mol. The van der Waals surface area contributed by atoms with Gasteiger partial charge in [0.2, 0.25) is 0 Å². The van der Waals surface area contributed by atoms with Crippen LogP contribution in [0.25, 0.3) is 27.7 Å². The van der Waals surface area contributed by atoms with Gasteiger partial charge in [0.15, 0.2) is 5.78 Å². The van der Waals surface area contributed by atoms with E-state index in [9.17, 15) is 9.59 Å². The molecule has 1 aromatic carbocycles. The number of carbonyl (C=O) groups excluding carboxylic acids is 2. The maximum Gasteiger partial charge on any atom is 0.320 e. The lowest BCUT2D eigenvalue weighted by Crippen LogP contribution is -2.45. The van der Waals surface area contributed by atoms with Gasteiger partial charge in [0, 0.05) is 68.0 Å². The van der Waals surface area contributed by atoms with Gasteiger partial charge in [0.1, 0.15) is 11.5 Å². The summed E-state index contributed by atoms with van der Waals surface area (Å²) >= 11 is 0. The largest absolute Gasteiger partial charge is 0.345 e. The van der Waals surface area contributed by atoms with Crippen molar-refractivity contribution < 1.29 is 19.5 Å². The van der Waals surface area contributed by atoms with Crippen LogP contribution in [0.1, 0.15) is 54.4 Å². The average molecular weight is 502 g/mol. The molecule has 4 aromatic rings. The minimum Gasteiger partial charge on any atom is -0.345 e. The van der Waals surface area contributed by atoms with Crippen LogP contribution in [0, 0.1) is 5.82 Å². The van der Waals surface area contributed by atoms with Gasteiger partial charge >= 0.3 is 6.03 Å². The third-order valence-electron chi connectivity index (χ3n) is 7.61. The van der Waals surface area contributed by atoms with Crippen molar-refractivity contribution >= 4 is 39.5 Å². The second-order valence-corrected chi connectivity index (χ2v) is 9.86. The predicted molar refractivity (Wildman–Crippen MR) is 139 cm³/mol. The van der Waals surface area contributed by atoms with E-state index in [4.69, 9.17) is 5.48 Å². The summed E-state index contributed by atoms with van der Waals surface area (Å²) in [5.41, 5.74) is 3.41. The van der Waals surface area contributed by atoms with Gasteiger partial charge in [-0.3, -0.25) is 9.20 Å². The molecule has 8 heteroatoms. The molecule has 0 N–H and O–H groups in total. The third kappa shape index (κ3) is 3.57. The molecule has 0 atom stereocenters. The van der Waals surface area contributed by atoms with Crippen LogP contribution < -0.4 is 0 Å². The van der Waals surface area contributed by atoms with Crippen LogP contribution in [0.3, 0.4) is 0 Å². The molecule has 2 aliphatic heterocycles. The van der Waals surface area contributed by atoms with Gasteiger partial charge in [-0.1, -0.05) is 6.07 Å². The summed E-state index contributed by atoms with van der Waals surface area (Å²) in [4.78, 5) is 33.9. The molecule has 1 fully saturated rings. The Morgan fingerprint density at radius 3 is 2.78 bits per heavy atom. The standard InChI is InChI=1S/C29H28FN5O2/c30-20-14-19-17-34(29(37)32-9-3-1-4-10-32)13-12-33-18-23(22(15-20)28(19)33)27-21(7-8-25(27)36)24-16-31-26-6-2-5-11-35(24)26/h2,5-6,11,14-16,18H,1,3-4,7-10,12-13,17H2/i12D2,13D2. The highest BCUT2D eigenvalue weighted by Crippen LogP contribution is 2.42. The Morgan fingerprint density at radius 2 is 1.92 bits per heavy atom. The van der Waals surface area contributed by atoms with Gasteiger partial charge in [0.25, 0.3) is 0 Å². The van der Waals surface area contributed by atoms with Gasteiger partial charge in [-0.05, 0) is 61.1 Å². The molecule has 0 bridgehead atoms. The first kappa shape index (κ1) is 18.3. The molecule has 5 heterocycles. The number of halogens is 1. The maximum absolute atomic E-state index is 15.2. The Morgan fingerprint density at radius 1 is 1.05 bits per heavy atom. The number of rotatable bonds is 2. The van der Waals surface area contributed by atoms with Crippen molar-refractivity contribution in [3.05, 3.63) is 71.6 Å². The highest BCUT2D eigenvalue weighted by Gasteiger charge is 2.32. The number of benzene rings is 1. The molecule has 0 radical (unpaired) electrons. The fourth-order valence-corrected chi connectivity index (χ4v) is 5.89. The number of likely N-dealkylation sites (tertiary alicyclic amines) is 1. The summed E-state index contributed by atoms with van der Waals surface area (Å²) in [6.07, 6.45) is 8.21. The van der Waals surface area contributed by atoms with E-state index >= 15 is 4.39 Å². The molecule has 7 nitrogen and oxygen atoms in total. The Balaban J connectivity index is 1.45. The molecular formula is C29H28FN5O2. The number of Topliss-reactive ketones (excluding diaryl/α,β-unsaturated/α-hetero) is 1. The summed E-state index contributed by atoms with van der Waals surface area (Å²) in [5.74, 6) is -0.763. The number of hydrogen-bond donors (Lipinski definition) is 0. The maximum atomic E-state index is 15.2.